The summed E-state index contributed by atoms with van der Waals surface area (Å²) in [4.78, 5) is 14.7. The van der Waals surface area contributed by atoms with Crippen molar-refractivity contribution < 1.29 is 9.18 Å². The molecule has 1 atom stereocenters. The van der Waals surface area contributed by atoms with Crippen molar-refractivity contribution in [3.05, 3.63) is 54.1 Å². The number of halogens is 1. The molecule has 1 amide bonds. The summed E-state index contributed by atoms with van der Waals surface area (Å²) < 4.78 is 13.5. The second kappa shape index (κ2) is 6.14. The molecule has 0 saturated carbocycles. The lowest BCUT2D eigenvalue weighted by Crippen LogP contribution is -2.23. The second-order valence-corrected chi connectivity index (χ2v) is 4.52. The van der Waals surface area contributed by atoms with Crippen LogP contribution in [0.15, 0.2) is 42.7 Å². The average Bonchev–Trinajstić information content (AvgIpc) is 2.41. The van der Waals surface area contributed by atoms with E-state index in [1.807, 2.05) is 31.2 Å². The maximum atomic E-state index is 13.5. The van der Waals surface area contributed by atoms with Crippen molar-refractivity contribution >= 4 is 17.3 Å². The van der Waals surface area contributed by atoms with Crippen LogP contribution in [0, 0.1) is 5.82 Å². The highest BCUT2D eigenvalue weighted by atomic mass is 19.1. The summed E-state index contributed by atoms with van der Waals surface area (Å²) in [5.41, 5.74) is 2.14. The fourth-order valence-electron chi connectivity index (χ4n) is 1.88. The largest absolute Gasteiger partial charge is 0.353 e. The molecule has 0 aliphatic heterocycles. The van der Waals surface area contributed by atoms with Gasteiger partial charge in [-0.15, -0.1) is 0 Å². The molecule has 2 N–H and O–H groups in total. The summed E-state index contributed by atoms with van der Waals surface area (Å²) >= 11 is 0. The van der Waals surface area contributed by atoms with Crippen LogP contribution >= 0.6 is 0 Å². The Morgan fingerprint density at radius 3 is 2.55 bits per heavy atom. The van der Waals surface area contributed by atoms with E-state index in [0.29, 0.717) is 5.69 Å². The fraction of sp³-hybridized carbons (Fsp3) is 0.200. The van der Waals surface area contributed by atoms with Gasteiger partial charge in [0.15, 0.2) is 5.82 Å². The highest BCUT2D eigenvalue weighted by molar-refractivity contribution is 5.73. The quantitative estimate of drug-likeness (QED) is 0.899. The van der Waals surface area contributed by atoms with E-state index in [1.165, 1.54) is 13.1 Å². The van der Waals surface area contributed by atoms with E-state index < -0.39 is 5.82 Å². The number of benzene rings is 1. The number of aromatic nitrogens is 1. The SMILES string of the molecule is CC(=O)NC(C)c1ccc(Nc2ccncc2F)cc1. The van der Waals surface area contributed by atoms with Gasteiger partial charge < -0.3 is 10.6 Å². The van der Waals surface area contributed by atoms with E-state index in [2.05, 4.69) is 15.6 Å². The Bertz CT molecular complexity index is 598. The summed E-state index contributed by atoms with van der Waals surface area (Å²) in [5, 5.41) is 5.79. The minimum absolute atomic E-state index is 0.0563. The van der Waals surface area contributed by atoms with Gasteiger partial charge in [-0.1, -0.05) is 12.1 Å². The molecule has 0 saturated heterocycles. The van der Waals surface area contributed by atoms with Gasteiger partial charge in [0.1, 0.15) is 0 Å². The minimum Gasteiger partial charge on any atom is -0.353 e. The van der Waals surface area contributed by atoms with Crippen molar-refractivity contribution in [3.8, 4) is 0 Å². The third-order valence-corrected chi connectivity index (χ3v) is 2.88. The molecule has 0 spiro atoms. The van der Waals surface area contributed by atoms with Gasteiger partial charge in [-0.3, -0.25) is 9.78 Å². The van der Waals surface area contributed by atoms with Gasteiger partial charge in [0.25, 0.3) is 0 Å². The molecular weight excluding hydrogens is 257 g/mol. The predicted molar refractivity (Wildman–Crippen MR) is 76.2 cm³/mol. The third-order valence-electron chi connectivity index (χ3n) is 2.88. The van der Waals surface area contributed by atoms with Crippen molar-refractivity contribution in [2.75, 3.05) is 5.32 Å². The van der Waals surface area contributed by atoms with Crippen molar-refractivity contribution in [2.45, 2.75) is 19.9 Å². The van der Waals surface area contributed by atoms with Crippen molar-refractivity contribution in [2.24, 2.45) is 0 Å². The van der Waals surface area contributed by atoms with Gasteiger partial charge in [-0.05, 0) is 30.7 Å². The van der Waals surface area contributed by atoms with Gasteiger partial charge in [0.05, 0.1) is 17.9 Å². The van der Waals surface area contributed by atoms with Crippen LogP contribution < -0.4 is 10.6 Å². The zero-order chi connectivity index (χ0) is 14.5. The van der Waals surface area contributed by atoms with E-state index >= 15 is 0 Å². The van der Waals surface area contributed by atoms with E-state index in [1.54, 1.807) is 6.07 Å². The molecular formula is C15H16FN3O. The Morgan fingerprint density at radius 1 is 1.25 bits per heavy atom. The number of hydrogen-bond acceptors (Lipinski definition) is 3. The zero-order valence-electron chi connectivity index (χ0n) is 11.4. The van der Waals surface area contributed by atoms with Crippen molar-refractivity contribution in [3.63, 3.8) is 0 Å². The number of rotatable bonds is 4. The topological polar surface area (TPSA) is 54.0 Å². The molecule has 0 radical (unpaired) electrons. The molecule has 104 valence electrons. The summed E-state index contributed by atoms with van der Waals surface area (Å²) in [5.74, 6) is -0.471. The van der Waals surface area contributed by atoms with Crippen molar-refractivity contribution in [1.29, 1.82) is 0 Å². The Hall–Kier alpha value is -2.43. The first-order valence-corrected chi connectivity index (χ1v) is 6.30. The molecule has 1 heterocycles. The molecule has 5 heteroatoms. The van der Waals surface area contributed by atoms with Gasteiger partial charge in [-0.25, -0.2) is 4.39 Å². The van der Waals surface area contributed by atoms with Crippen LogP contribution in [0.3, 0.4) is 0 Å². The number of hydrogen-bond donors (Lipinski definition) is 2. The number of nitrogens with one attached hydrogen (secondary N) is 2. The van der Waals surface area contributed by atoms with Crippen LogP contribution in [-0.2, 0) is 4.79 Å². The third kappa shape index (κ3) is 3.54. The number of carbonyl (C=O) groups is 1. The van der Waals surface area contributed by atoms with E-state index in [0.717, 1.165) is 17.4 Å². The Kier molecular flexibility index (Phi) is 4.30. The van der Waals surface area contributed by atoms with Gasteiger partial charge in [0, 0.05) is 18.8 Å². The first-order valence-electron chi connectivity index (χ1n) is 6.30. The molecule has 0 bridgehead atoms. The summed E-state index contributed by atoms with van der Waals surface area (Å²) in [6.45, 7) is 3.39. The fourth-order valence-corrected chi connectivity index (χ4v) is 1.88. The summed E-state index contributed by atoms with van der Waals surface area (Å²) in [6, 6.07) is 8.98. The standard InChI is InChI=1S/C15H16FN3O/c1-10(18-11(2)20)12-3-5-13(6-4-12)19-15-7-8-17-9-14(15)16/h3-10H,1-2H3,(H,17,19)(H,18,20). The number of nitrogens with zero attached hydrogens (tertiary/aromatic N) is 1. The molecule has 0 fully saturated rings. The van der Waals surface area contributed by atoms with E-state index in [9.17, 15) is 9.18 Å². The van der Waals surface area contributed by atoms with Gasteiger partial charge in [-0.2, -0.15) is 0 Å². The molecule has 0 aliphatic rings. The van der Waals surface area contributed by atoms with E-state index in [4.69, 9.17) is 0 Å². The summed E-state index contributed by atoms with van der Waals surface area (Å²) in [6.07, 6.45) is 2.69. The predicted octanol–water partition coefficient (Wildman–Crippen LogP) is 3.16. The lowest BCUT2D eigenvalue weighted by molar-refractivity contribution is -0.119. The molecule has 1 unspecified atom stereocenters. The lowest BCUT2D eigenvalue weighted by atomic mass is 10.1. The first kappa shape index (κ1) is 14.0. The average molecular weight is 273 g/mol. The molecule has 4 nitrogen and oxygen atoms in total. The molecule has 1 aromatic carbocycles. The minimum atomic E-state index is -0.400. The molecule has 20 heavy (non-hydrogen) atoms. The van der Waals surface area contributed by atoms with Crippen LogP contribution in [0.5, 0.6) is 0 Å². The van der Waals surface area contributed by atoms with Gasteiger partial charge in [0.2, 0.25) is 5.91 Å². The van der Waals surface area contributed by atoms with Crippen molar-refractivity contribution in [1.82, 2.24) is 10.3 Å². The lowest BCUT2D eigenvalue weighted by Gasteiger charge is -2.14. The van der Waals surface area contributed by atoms with Crippen LogP contribution in [0.25, 0.3) is 0 Å². The number of amides is 1. The van der Waals surface area contributed by atoms with Gasteiger partial charge >= 0.3 is 0 Å². The van der Waals surface area contributed by atoms with Crippen LogP contribution in [-0.4, -0.2) is 10.9 Å². The Balaban J connectivity index is 2.09. The maximum absolute atomic E-state index is 13.5. The molecule has 1 aromatic heterocycles. The highest BCUT2D eigenvalue weighted by Gasteiger charge is 2.07. The first-order chi connectivity index (χ1) is 9.56. The molecule has 0 aliphatic carbocycles. The van der Waals surface area contributed by atoms with Crippen LogP contribution in [0.1, 0.15) is 25.5 Å². The van der Waals surface area contributed by atoms with Crippen LogP contribution in [0.2, 0.25) is 0 Å². The molecule has 2 aromatic rings. The molecule has 2 rings (SSSR count). The number of anilines is 2. The smallest absolute Gasteiger partial charge is 0.217 e. The zero-order valence-corrected chi connectivity index (χ0v) is 11.4. The maximum Gasteiger partial charge on any atom is 0.217 e. The Labute approximate surface area is 117 Å². The normalized spacial score (nSPS) is 11.8. The van der Waals surface area contributed by atoms with Crippen LogP contribution in [0.4, 0.5) is 15.8 Å². The number of carbonyl (C=O) groups excluding carboxylic acids is 1. The summed E-state index contributed by atoms with van der Waals surface area (Å²) in [7, 11) is 0. The highest BCUT2D eigenvalue weighted by Crippen LogP contribution is 2.21. The Morgan fingerprint density at radius 2 is 1.95 bits per heavy atom. The second-order valence-electron chi connectivity index (χ2n) is 4.52. The number of pyridine rings is 1. The monoisotopic (exact) mass is 273 g/mol. The van der Waals surface area contributed by atoms with E-state index in [-0.39, 0.29) is 11.9 Å².